The molecule has 6 rings (SSSR count). The lowest BCUT2D eigenvalue weighted by Crippen LogP contribution is -2.60. The lowest BCUT2D eigenvalue weighted by molar-refractivity contribution is -0.144. The Hall–Kier alpha value is -4.26. The van der Waals surface area contributed by atoms with Crippen molar-refractivity contribution < 1.29 is 32.4 Å². The average Bonchev–Trinajstić information content (AvgIpc) is 3.94. The van der Waals surface area contributed by atoms with E-state index in [0.717, 1.165) is 23.6 Å². The molecule has 5 amide bonds. The lowest BCUT2D eigenvalue weighted by atomic mass is 9.85. The molecule has 0 radical (unpaired) electrons. The van der Waals surface area contributed by atoms with E-state index in [1.807, 2.05) is 51.1 Å². The highest BCUT2D eigenvalue weighted by Gasteiger charge is 2.62. The third kappa shape index (κ3) is 7.36. The van der Waals surface area contributed by atoms with Crippen LogP contribution in [-0.4, -0.2) is 78.3 Å². The van der Waals surface area contributed by atoms with Gasteiger partial charge in [0.05, 0.1) is 5.25 Å². The van der Waals surface area contributed by atoms with E-state index in [-0.39, 0.29) is 31.2 Å². The van der Waals surface area contributed by atoms with Crippen molar-refractivity contribution in [1.29, 1.82) is 0 Å². The summed E-state index contributed by atoms with van der Waals surface area (Å²) in [5, 5.41) is 9.70. The predicted octanol–water partition coefficient (Wildman–Crippen LogP) is 2.54. The van der Waals surface area contributed by atoms with E-state index in [1.54, 1.807) is 12.1 Å². The highest BCUT2D eigenvalue weighted by atomic mass is 32.2. The molecule has 5 atom stereocenters. The van der Waals surface area contributed by atoms with Crippen LogP contribution in [0.25, 0.3) is 10.8 Å². The van der Waals surface area contributed by atoms with Gasteiger partial charge in [-0.15, -0.1) is 6.58 Å². The number of fused-ring (bicyclic) bond motifs is 1. The van der Waals surface area contributed by atoms with Gasteiger partial charge in [0, 0.05) is 30.5 Å². The molecule has 4 N–H and O–H groups in total. The van der Waals surface area contributed by atoms with Crippen LogP contribution in [-0.2, 0) is 29.2 Å². The van der Waals surface area contributed by atoms with Crippen LogP contribution in [0.4, 0.5) is 0 Å². The van der Waals surface area contributed by atoms with Crippen molar-refractivity contribution >= 4 is 50.3 Å². The molecule has 3 saturated carbocycles. The Bertz CT molecular complexity index is 1810. The number of carbonyl (C=O) groups is 5. The van der Waals surface area contributed by atoms with Gasteiger partial charge in [0.1, 0.15) is 17.6 Å². The summed E-state index contributed by atoms with van der Waals surface area (Å²) in [6.45, 7) is 9.23. The SMILES string of the molecule is C=C[C@H]1C[C@]1(NC(=O)[C@@H]1C[C@@H](NC(=O)c2cccc3ccccc23)CN1C(=O)[C@@H](NC(=O)CC1CC1)C(C)(C)C)C(=O)NS(=O)(=O)C1CC1. The molecular formula is C36H45N5O7S. The number of amides is 5. The molecule has 0 bridgehead atoms. The molecular weight excluding hydrogens is 646 g/mol. The zero-order chi connectivity index (χ0) is 35.3. The van der Waals surface area contributed by atoms with Gasteiger partial charge in [-0.25, -0.2) is 8.42 Å². The number of carbonyl (C=O) groups excluding carboxylic acids is 5. The topological polar surface area (TPSA) is 171 Å². The second-order valence-corrected chi connectivity index (χ2v) is 17.1. The first kappa shape index (κ1) is 34.6. The zero-order valence-corrected chi connectivity index (χ0v) is 29.0. The third-order valence-corrected chi connectivity index (χ3v) is 11.9. The molecule has 0 spiro atoms. The van der Waals surface area contributed by atoms with E-state index in [1.165, 1.54) is 11.0 Å². The summed E-state index contributed by atoms with van der Waals surface area (Å²) >= 11 is 0. The Morgan fingerprint density at radius 1 is 1.02 bits per heavy atom. The average molecular weight is 692 g/mol. The fourth-order valence-corrected chi connectivity index (χ4v) is 8.12. The maximum absolute atomic E-state index is 14.4. The first-order valence-electron chi connectivity index (χ1n) is 17.0. The lowest BCUT2D eigenvalue weighted by Gasteiger charge is -2.35. The summed E-state index contributed by atoms with van der Waals surface area (Å²) in [6, 6.07) is 10.2. The molecule has 262 valence electrons. The Morgan fingerprint density at radius 3 is 2.35 bits per heavy atom. The summed E-state index contributed by atoms with van der Waals surface area (Å²) in [5.74, 6) is -2.79. The highest BCUT2D eigenvalue weighted by molar-refractivity contribution is 7.91. The Morgan fingerprint density at radius 2 is 1.71 bits per heavy atom. The van der Waals surface area contributed by atoms with Crippen molar-refractivity contribution in [2.24, 2.45) is 17.3 Å². The van der Waals surface area contributed by atoms with Crippen LogP contribution < -0.4 is 20.7 Å². The highest BCUT2D eigenvalue weighted by Crippen LogP contribution is 2.45. The molecule has 3 aliphatic carbocycles. The second kappa shape index (κ2) is 12.9. The predicted molar refractivity (Wildman–Crippen MR) is 183 cm³/mol. The van der Waals surface area contributed by atoms with E-state index in [9.17, 15) is 32.4 Å². The van der Waals surface area contributed by atoms with Crippen molar-refractivity contribution in [3.05, 3.63) is 60.7 Å². The fraction of sp³-hybridized carbons (Fsp3) is 0.528. The monoisotopic (exact) mass is 691 g/mol. The maximum atomic E-state index is 14.4. The standard InChI is InChI=1S/C36H45N5O7S/c1-5-23-19-36(23,34(46)40-49(47,48)25-15-16-25)39-32(44)28-18-24(37-31(43)27-12-8-10-22-9-6-7-11-26(22)27)20-41(28)33(45)30(35(2,3)4)38-29(42)17-21-13-14-21/h5-12,21,23-25,28,30H,1,13-20H2,2-4H3,(H,37,43)(H,38,42)(H,39,44)(H,40,46)/t23-,24+,28-,30+,36+/m0/s1. The van der Waals surface area contributed by atoms with E-state index >= 15 is 0 Å². The quantitative estimate of drug-likeness (QED) is 0.248. The molecule has 0 unspecified atom stereocenters. The zero-order valence-electron chi connectivity index (χ0n) is 28.2. The molecule has 1 saturated heterocycles. The van der Waals surface area contributed by atoms with Gasteiger partial charge in [-0.3, -0.25) is 28.7 Å². The number of nitrogens with one attached hydrogen (secondary N) is 4. The van der Waals surface area contributed by atoms with Crippen molar-refractivity contribution in [3.8, 4) is 0 Å². The summed E-state index contributed by atoms with van der Waals surface area (Å²) in [5.41, 5.74) is -1.81. The fourth-order valence-electron chi connectivity index (χ4n) is 6.76. The minimum Gasteiger partial charge on any atom is -0.347 e. The van der Waals surface area contributed by atoms with Gasteiger partial charge in [0.15, 0.2) is 0 Å². The van der Waals surface area contributed by atoms with Gasteiger partial charge < -0.3 is 20.9 Å². The van der Waals surface area contributed by atoms with E-state index < -0.39 is 68.0 Å². The molecule has 0 aromatic heterocycles. The third-order valence-electron chi connectivity index (χ3n) is 10.1. The molecule has 4 fully saturated rings. The minimum atomic E-state index is -3.89. The van der Waals surface area contributed by atoms with E-state index in [4.69, 9.17) is 0 Å². The Kier molecular flexibility index (Phi) is 9.10. The van der Waals surface area contributed by atoms with Crippen LogP contribution in [0, 0.1) is 17.3 Å². The van der Waals surface area contributed by atoms with Crippen molar-refractivity contribution in [3.63, 3.8) is 0 Å². The van der Waals surface area contributed by atoms with Crippen LogP contribution in [0.5, 0.6) is 0 Å². The normalized spacial score (nSPS) is 25.6. The number of benzene rings is 2. The minimum absolute atomic E-state index is 0.0152. The largest absolute Gasteiger partial charge is 0.347 e. The number of nitrogens with zero attached hydrogens (tertiary/aromatic N) is 1. The van der Waals surface area contributed by atoms with Crippen LogP contribution in [0.1, 0.15) is 76.1 Å². The molecule has 2 aromatic carbocycles. The summed E-state index contributed by atoms with van der Waals surface area (Å²) in [7, 11) is -3.89. The van der Waals surface area contributed by atoms with Gasteiger partial charge >= 0.3 is 0 Å². The smallest absolute Gasteiger partial charge is 0.259 e. The van der Waals surface area contributed by atoms with Crippen LogP contribution in [0.2, 0.25) is 0 Å². The summed E-state index contributed by atoms with van der Waals surface area (Å²) in [6.07, 6.45) is 4.87. The second-order valence-electron chi connectivity index (χ2n) is 15.1. The van der Waals surface area contributed by atoms with Crippen molar-refractivity contribution in [2.45, 2.75) is 94.6 Å². The maximum Gasteiger partial charge on any atom is 0.259 e. The first-order chi connectivity index (χ1) is 23.1. The number of hydrogen-bond donors (Lipinski definition) is 4. The molecule has 13 heteroatoms. The van der Waals surface area contributed by atoms with Gasteiger partial charge in [0.25, 0.3) is 11.8 Å². The molecule has 12 nitrogen and oxygen atoms in total. The van der Waals surface area contributed by atoms with Crippen molar-refractivity contribution in [1.82, 2.24) is 25.6 Å². The van der Waals surface area contributed by atoms with Crippen LogP contribution in [0.3, 0.4) is 0 Å². The summed E-state index contributed by atoms with van der Waals surface area (Å²) in [4.78, 5) is 69.9. The number of likely N-dealkylation sites (tertiary alicyclic amines) is 1. The van der Waals surface area contributed by atoms with E-state index in [2.05, 4.69) is 27.3 Å². The van der Waals surface area contributed by atoms with Gasteiger partial charge in [0.2, 0.25) is 27.7 Å². The van der Waals surface area contributed by atoms with Gasteiger partial charge in [-0.05, 0) is 66.7 Å². The van der Waals surface area contributed by atoms with Crippen molar-refractivity contribution in [2.75, 3.05) is 6.54 Å². The van der Waals surface area contributed by atoms with Crippen LogP contribution in [0.15, 0.2) is 55.1 Å². The Balaban J connectivity index is 1.26. The molecule has 2 aromatic rings. The molecule has 1 aliphatic heterocycles. The van der Waals surface area contributed by atoms with Gasteiger partial charge in [-0.2, -0.15) is 0 Å². The molecule has 49 heavy (non-hydrogen) atoms. The summed E-state index contributed by atoms with van der Waals surface area (Å²) < 4.78 is 27.4. The molecule has 1 heterocycles. The number of rotatable bonds is 12. The Labute approximate surface area is 286 Å². The molecule has 4 aliphatic rings. The van der Waals surface area contributed by atoms with Gasteiger partial charge in [-0.1, -0.05) is 63.2 Å². The number of sulfonamides is 1. The van der Waals surface area contributed by atoms with Crippen LogP contribution >= 0.6 is 0 Å². The first-order valence-corrected chi connectivity index (χ1v) is 18.6. The van der Waals surface area contributed by atoms with E-state index in [0.29, 0.717) is 30.7 Å². The number of hydrogen-bond acceptors (Lipinski definition) is 7.